The minimum atomic E-state index is 0.303. The lowest BCUT2D eigenvalue weighted by Crippen LogP contribution is -2.45. The molecule has 1 spiro atoms. The summed E-state index contributed by atoms with van der Waals surface area (Å²) in [5.74, 6) is 0. The number of aromatic nitrogens is 3. The second-order valence-electron chi connectivity index (χ2n) is 6.41. The highest BCUT2D eigenvalue weighted by molar-refractivity contribution is 7.13. The van der Waals surface area contributed by atoms with Crippen molar-refractivity contribution >= 4 is 16.5 Å². The maximum Gasteiger partial charge on any atom is 0.208 e. The largest absolute Gasteiger partial charge is 0.345 e. The smallest absolute Gasteiger partial charge is 0.208 e. The maximum absolute atomic E-state index is 4.68. The number of nitrogens with zero attached hydrogens (tertiary/aromatic N) is 5. The molecule has 22 heavy (non-hydrogen) atoms. The zero-order valence-electron chi connectivity index (χ0n) is 12.9. The van der Waals surface area contributed by atoms with Crippen molar-refractivity contribution in [2.45, 2.75) is 38.3 Å². The maximum atomic E-state index is 4.68. The first-order valence-electron chi connectivity index (χ1n) is 7.94. The Balaban J connectivity index is 1.51. The summed E-state index contributed by atoms with van der Waals surface area (Å²) < 4.78 is 0. The first kappa shape index (κ1) is 14.1. The van der Waals surface area contributed by atoms with E-state index in [0.717, 1.165) is 30.5 Å². The van der Waals surface area contributed by atoms with Crippen LogP contribution < -0.4 is 4.90 Å². The van der Waals surface area contributed by atoms with E-state index in [4.69, 9.17) is 0 Å². The van der Waals surface area contributed by atoms with E-state index < -0.39 is 0 Å². The summed E-state index contributed by atoms with van der Waals surface area (Å²) in [6.07, 6.45) is 3.79. The van der Waals surface area contributed by atoms with Crippen molar-refractivity contribution in [1.82, 2.24) is 20.1 Å². The number of hydrogen-bond acceptors (Lipinski definition) is 6. The van der Waals surface area contributed by atoms with Crippen LogP contribution >= 0.6 is 11.3 Å². The van der Waals surface area contributed by atoms with Gasteiger partial charge in [-0.15, -0.1) is 10.2 Å². The van der Waals surface area contributed by atoms with Gasteiger partial charge in [-0.1, -0.05) is 17.4 Å². The minimum Gasteiger partial charge on any atom is -0.345 e. The first-order chi connectivity index (χ1) is 10.8. The fourth-order valence-corrected chi connectivity index (χ4v) is 4.50. The molecule has 6 heteroatoms. The van der Waals surface area contributed by atoms with Crippen LogP contribution in [0.15, 0.2) is 23.7 Å². The molecule has 0 bridgehead atoms. The van der Waals surface area contributed by atoms with Crippen LogP contribution in [0, 0.1) is 6.92 Å². The minimum absolute atomic E-state index is 0.303. The Morgan fingerprint density at radius 3 is 3.05 bits per heavy atom. The average molecular weight is 315 g/mol. The van der Waals surface area contributed by atoms with Crippen LogP contribution in [0.25, 0.3) is 0 Å². The zero-order chi connectivity index (χ0) is 15.0. The van der Waals surface area contributed by atoms with Gasteiger partial charge in [-0.3, -0.25) is 9.88 Å². The molecule has 0 saturated carbocycles. The molecular formula is C16H21N5S. The van der Waals surface area contributed by atoms with Crippen LogP contribution in [-0.4, -0.2) is 45.3 Å². The molecule has 0 aliphatic carbocycles. The Hall–Kier alpha value is -1.53. The highest BCUT2D eigenvalue weighted by atomic mass is 32.1. The lowest BCUT2D eigenvalue weighted by molar-refractivity contribution is 0.148. The van der Waals surface area contributed by atoms with Crippen molar-refractivity contribution in [1.29, 1.82) is 0 Å². The van der Waals surface area contributed by atoms with E-state index in [0.29, 0.717) is 5.54 Å². The van der Waals surface area contributed by atoms with Crippen LogP contribution in [-0.2, 0) is 6.54 Å². The quantitative estimate of drug-likeness (QED) is 0.871. The molecule has 4 heterocycles. The van der Waals surface area contributed by atoms with Crippen LogP contribution in [0.2, 0.25) is 0 Å². The topological polar surface area (TPSA) is 45.2 Å². The van der Waals surface area contributed by atoms with E-state index in [-0.39, 0.29) is 0 Å². The molecular weight excluding hydrogens is 294 g/mol. The van der Waals surface area contributed by atoms with Gasteiger partial charge in [0.1, 0.15) is 5.51 Å². The molecule has 116 valence electrons. The van der Waals surface area contributed by atoms with E-state index in [9.17, 15) is 0 Å². The molecule has 1 atom stereocenters. The second-order valence-corrected chi connectivity index (χ2v) is 7.22. The van der Waals surface area contributed by atoms with E-state index >= 15 is 0 Å². The van der Waals surface area contributed by atoms with Gasteiger partial charge in [0.2, 0.25) is 5.13 Å². The van der Waals surface area contributed by atoms with E-state index in [1.807, 2.05) is 5.51 Å². The van der Waals surface area contributed by atoms with E-state index in [1.54, 1.807) is 11.3 Å². The predicted octanol–water partition coefficient (Wildman–Crippen LogP) is 2.49. The number of rotatable bonds is 3. The number of pyridine rings is 1. The summed E-state index contributed by atoms with van der Waals surface area (Å²) in [5.41, 5.74) is 4.42. The average Bonchev–Trinajstić information content (AvgIpc) is 3.23. The van der Waals surface area contributed by atoms with Crippen LogP contribution in [0.5, 0.6) is 0 Å². The molecule has 2 fully saturated rings. The van der Waals surface area contributed by atoms with Crippen molar-refractivity contribution < 1.29 is 0 Å². The van der Waals surface area contributed by atoms with Crippen molar-refractivity contribution in [3.63, 3.8) is 0 Å². The Morgan fingerprint density at radius 1 is 1.27 bits per heavy atom. The van der Waals surface area contributed by atoms with Gasteiger partial charge in [0, 0.05) is 30.9 Å². The van der Waals surface area contributed by atoms with Crippen molar-refractivity contribution in [2.24, 2.45) is 0 Å². The van der Waals surface area contributed by atoms with Gasteiger partial charge in [0.15, 0.2) is 0 Å². The predicted molar refractivity (Wildman–Crippen MR) is 88.1 cm³/mol. The number of hydrogen-bond donors (Lipinski definition) is 0. The molecule has 0 amide bonds. The molecule has 4 rings (SSSR count). The third-order valence-corrected chi connectivity index (χ3v) is 5.74. The molecule has 2 aromatic heterocycles. The molecule has 0 radical (unpaired) electrons. The van der Waals surface area contributed by atoms with Crippen molar-refractivity contribution in [2.75, 3.05) is 24.5 Å². The fraction of sp³-hybridized carbons (Fsp3) is 0.562. The summed E-state index contributed by atoms with van der Waals surface area (Å²) >= 11 is 1.64. The van der Waals surface area contributed by atoms with E-state index in [1.165, 1.54) is 31.5 Å². The van der Waals surface area contributed by atoms with Gasteiger partial charge >= 0.3 is 0 Å². The van der Waals surface area contributed by atoms with Crippen LogP contribution in [0.3, 0.4) is 0 Å². The number of aryl methyl sites for hydroxylation is 1. The van der Waals surface area contributed by atoms with Crippen LogP contribution in [0.1, 0.15) is 30.7 Å². The molecule has 5 nitrogen and oxygen atoms in total. The van der Waals surface area contributed by atoms with Crippen molar-refractivity contribution in [3.05, 3.63) is 35.1 Å². The summed E-state index contributed by atoms with van der Waals surface area (Å²) in [6, 6.07) is 6.33. The number of anilines is 1. The van der Waals surface area contributed by atoms with Gasteiger partial charge in [0.05, 0.1) is 5.69 Å². The standard InChI is InChI=1S/C16H21N5S/c1-13-4-2-5-14(18-13)10-21-8-3-6-16(21)7-9-20(11-16)15-19-17-12-22-15/h2,4-5,12H,3,6-11H2,1H3/t16-/m1/s1. The SMILES string of the molecule is Cc1cccc(CN2CCC[C@]23CCN(c2nncs2)C3)n1. The van der Waals surface area contributed by atoms with Gasteiger partial charge in [-0.25, -0.2) is 0 Å². The van der Waals surface area contributed by atoms with Gasteiger partial charge in [-0.2, -0.15) is 0 Å². The highest BCUT2D eigenvalue weighted by Gasteiger charge is 2.46. The lowest BCUT2D eigenvalue weighted by atomic mass is 9.95. The Labute approximate surface area is 135 Å². The Morgan fingerprint density at radius 2 is 2.23 bits per heavy atom. The third-order valence-electron chi connectivity index (χ3n) is 4.99. The molecule has 2 aliphatic rings. The normalized spacial score (nSPS) is 25.4. The molecule has 2 aromatic rings. The zero-order valence-corrected chi connectivity index (χ0v) is 13.7. The first-order valence-corrected chi connectivity index (χ1v) is 8.82. The van der Waals surface area contributed by atoms with E-state index in [2.05, 4.69) is 50.1 Å². The summed E-state index contributed by atoms with van der Waals surface area (Å²) in [7, 11) is 0. The lowest BCUT2D eigenvalue weighted by Gasteiger charge is -2.34. The molecule has 2 aliphatic heterocycles. The Bertz CT molecular complexity index is 644. The highest BCUT2D eigenvalue weighted by Crippen LogP contribution is 2.40. The van der Waals surface area contributed by atoms with Gasteiger partial charge < -0.3 is 4.90 Å². The van der Waals surface area contributed by atoms with Crippen molar-refractivity contribution in [3.8, 4) is 0 Å². The fourth-order valence-electron chi connectivity index (χ4n) is 3.91. The summed E-state index contributed by atoms with van der Waals surface area (Å²) in [6.45, 7) is 6.38. The number of likely N-dealkylation sites (tertiary alicyclic amines) is 1. The molecule has 0 aromatic carbocycles. The molecule has 2 saturated heterocycles. The van der Waals surface area contributed by atoms with Gasteiger partial charge in [-0.05, 0) is 44.9 Å². The molecule has 0 unspecified atom stereocenters. The third kappa shape index (κ3) is 2.50. The van der Waals surface area contributed by atoms with Gasteiger partial charge in [0.25, 0.3) is 0 Å². The summed E-state index contributed by atoms with van der Waals surface area (Å²) in [4.78, 5) is 9.74. The second kappa shape index (κ2) is 5.59. The monoisotopic (exact) mass is 315 g/mol. The summed E-state index contributed by atoms with van der Waals surface area (Å²) in [5, 5.41) is 9.29. The molecule has 0 N–H and O–H groups in total. The Kier molecular flexibility index (Phi) is 3.58. The van der Waals surface area contributed by atoms with Crippen LogP contribution in [0.4, 0.5) is 5.13 Å².